The highest BCUT2D eigenvalue weighted by Gasteiger charge is 2.19. The quantitative estimate of drug-likeness (QED) is 0.454. The molecule has 122 valence electrons. The van der Waals surface area contributed by atoms with Crippen molar-refractivity contribution in [3.63, 3.8) is 0 Å². The number of hydrogen-bond acceptors (Lipinski definition) is 4. The summed E-state index contributed by atoms with van der Waals surface area (Å²) < 4.78 is 11.0. The molecule has 0 saturated heterocycles. The molecule has 2 rings (SSSR count). The third-order valence-corrected chi connectivity index (χ3v) is 2.93. The van der Waals surface area contributed by atoms with E-state index in [4.69, 9.17) is 8.83 Å². The van der Waals surface area contributed by atoms with Gasteiger partial charge in [0.25, 0.3) is 0 Å². The Morgan fingerprint density at radius 1 is 1.27 bits per heavy atom. The molecule has 0 aliphatic rings. The van der Waals surface area contributed by atoms with Gasteiger partial charge in [-0.2, -0.15) is 0 Å². The number of furan rings is 1. The van der Waals surface area contributed by atoms with Crippen LogP contribution in [0.4, 0.5) is 0 Å². The lowest BCUT2D eigenvalue weighted by atomic mass is 9.94. The molecule has 22 heavy (non-hydrogen) atoms. The highest BCUT2D eigenvalue weighted by Crippen LogP contribution is 2.22. The van der Waals surface area contributed by atoms with Gasteiger partial charge in [0.1, 0.15) is 11.5 Å². The Kier molecular flexibility index (Phi) is 6.92. The van der Waals surface area contributed by atoms with Crippen molar-refractivity contribution in [3.8, 4) is 0 Å². The van der Waals surface area contributed by atoms with Crippen LogP contribution in [0.25, 0.3) is 0 Å². The molecule has 0 saturated carbocycles. The van der Waals surface area contributed by atoms with Crippen LogP contribution in [0, 0.1) is 0 Å². The second kappa shape index (κ2) is 8.21. The molecule has 0 bridgehead atoms. The van der Waals surface area contributed by atoms with Gasteiger partial charge in [0.15, 0.2) is 5.96 Å². The SMILES string of the molecule is CN=C(NCc1ccco1)NCc1ncc(C(C)(C)C)o1.I. The van der Waals surface area contributed by atoms with Crippen LogP contribution in [0.15, 0.2) is 38.4 Å². The first-order valence-electron chi connectivity index (χ1n) is 6.91. The van der Waals surface area contributed by atoms with Crippen molar-refractivity contribution in [2.45, 2.75) is 39.3 Å². The van der Waals surface area contributed by atoms with E-state index < -0.39 is 0 Å². The Labute approximate surface area is 147 Å². The van der Waals surface area contributed by atoms with E-state index in [2.05, 4.69) is 41.4 Å². The van der Waals surface area contributed by atoms with Gasteiger partial charge < -0.3 is 19.5 Å². The second-order valence-corrected chi connectivity index (χ2v) is 5.73. The van der Waals surface area contributed by atoms with Crippen molar-refractivity contribution in [2.24, 2.45) is 4.99 Å². The second-order valence-electron chi connectivity index (χ2n) is 5.73. The van der Waals surface area contributed by atoms with Crippen molar-refractivity contribution in [1.82, 2.24) is 15.6 Å². The Morgan fingerprint density at radius 3 is 2.55 bits per heavy atom. The van der Waals surface area contributed by atoms with Gasteiger partial charge in [-0.05, 0) is 12.1 Å². The molecule has 2 N–H and O–H groups in total. The third-order valence-electron chi connectivity index (χ3n) is 2.93. The van der Waals surface area contributed by atoms with Crippen LogP contribution in [0.3, 0.4) is 0 Å². The number of aromatic nitrogens is 1. The van der Waals surface area contributed by atoms with E-state index in [0.29, 0.717) is 24.9 Å². The van der Waals surface area contributed by atoms with E-state index in [-0.39, 0.29) is 29.4 Å². The summed E-state index contributed by atoms with van der Waals surface area (Å²) in [7, 11) is 1.72. The van der Waals surface area contributed by atoms with Gasteiger partial charge in [-0.1, -0.05) is 20.8 Å². The summed E-state index contributed by atoms with van der Waals surface area (Å²) in [5, 5.41) is 6.31. The van der Waals surface area contributed by atoms with Crippen LogP contribution in [-0.2, 0) is 18.5 Å². The van der Waals surface area contributed by atoms with Crippen LogP contribution in [-0.4, -0.2) is 18.0 Å². The van der Waals surface area contributed by atoms with E-state index in [1.807, 2.05) is 12.1 Å². The van der Waals surface area contributed by atoms with Gasteiger partial charge in [0.05, 0.1) is 25.5 Å². The van der Waals surface area contributed by atoms with Gasteiger partial charge in [-0.15, -0.1) is 24.0 Å². The summed E-state index contributed by atoms with van der Waals surface area (Å²) >= 11 is 0. The summed E-state index contributed by atoms with van der Waals surface area (Å²) in [6.45, 7) is 7.33. The number of aliphatic imine (C=N–C) groups is 1. The minimum absolute atomic E-state index is 0. The molecule has 6 nitrogen and oxygen atoms in total. The van der Waals surface area contributed by atoms with Crippen molar-refractivity contribution in [2.75, 3.05) is 7.05 Å². The van der Waals surface area contributed by atoms with Crippen LogP contribution in [0.5, 0.6) is 0 Å². The van der Waals surface area contributed by atoms with E-state index in [1.165, 1.54) is 0 Å². The molecule has 0 aliphatic heterocycles. The van der Waals surface area contributed by atoms with E-state index in [9.17, 15) is 0 Å². The third kappa shape index (κ3) is 5.36. The van der Waals surface area contributed by atoms with Crippen molar-refractivity contribution in [3.05, 3.63) is 42.0 Å². The number of nitrogens with one attached hydrogen (secondary N) is 2. The minimum atomic E-state index is -0.0372. The number of guanidine groups is 1. The zero-order chi connectivity index (χ0) is 15.3. The topological polar surface area (TPSA) is 75.6 Å². The molecule has 0 fully saturated rings. The fourth-order valence-corrected chi connectivity index (χ4v) is 1.70. The smallest absolute Gasteiger partial charge is 0.213 e. The number of nitrogens with zero attached hydrogens (tertiary/aromatic N) is 2. The molecule has 0 radical (unpaired) electrons. The maximum Gasteiger partial charge on any atom is 0.213 e. The highest BCUT2D eigenvalue weighted by atomic mass is 127. The summed E-state index contributed by atoms with van der Waals surface area (Å²) in [6, 6.07) is 3.76. The zero-order valence-corrected chi connectivity index (χ0v) is 15.7. The molecule has 0 aliphatic carbocycles. The van der Waals surface area contributed by atoms with Crippen LogP contribution < -0.4 is 10.6 Å². The molecule has 2 aromatic heterocycles. The van der Waals surface area contributed by atoms with Crippen molar-refractivity contribution >= 4 is 29.9 Å². The van der Waals surface area contributed by atoms with E-state index in [1.54, 1.807) is 19.5 Å². The number of oxazole rings is 1. The predicted molar refractivity (Wildman–Crippen MR) is 96.4 cm³/mol. The average Bonchev–Trinajstić information content (AvgIpc) is 3.09. The first kappa shape index (κ1) is 18.5. The fourth-order valence-electron chi connectivity index (χ4n) is 1.70. The molecule has 2 aromatic rings. The van der Waals surface area contributed by atoms with Gasteiger partial charge in [0.2, 0.25) is 5.89 Å². The first-order chi connectivity index (χ1) is 9.99. The Bertz CT molecular complexity index is 585. The first-order valence-corrected chi connectivity index (χ1v) is 6.91. The predicted octanol–water partition coefficient (Wildman–Crippen LogP) is 3.05. The van der Waals surface area contributed by atoms with Gasteiger partial charge in [-0.25, -0.2) is 4.98 Å². The maximum absolute atomic E-state index is 5.72. The lowest BCUT2D eigenvalue weighted by Crippen LogP contribution is -2.36. The minimum Gasteiger partial charge on any atom is -0.467 e. The maximum atomic E-state index is 5.72. The number of rotatable bonds is 4. The molecule has 0 atom stereocenters. The van der Waals surface area contributed by atoms with Gasteiger partial charge in [0, 0.05) is 12.5 Å². The molecule has 0 unspecified atom stereocenters. The lowest BCUT2D eigenvalue weighted by molar-refractivity contribution is 0.379. The Balaban J connectivity index is 0.00000242. The summed E-state index contributed by atoms with van der Waals surface area (Å²) in [4.78, 5) is 8.41. The normalized spacial score (nSPS) is 11.9. The summed E-state index contributed by atoms with van der Waals surface area (Å²) in [5.41, 5.74) is -0.0372. The van der Waals surface area contributed by atoms with Gasteiger partial charge >= 0.3 is 0 Å². The number of hydrogen-bond donors (Lipinski definition) is 2. The van der Waals surface area contributed by atoms with E-state index in [0.717, 1.165) is 11.5 Å². The largest absolute Gasteiger partial charge is 0.467 e. The van der Waals surface area contributed by atoms with Crippen LogP contribution in [0.1, 0.15) is 38.2 Å². The molecule has 0 aromatic carbocycles. The standard InChI is InChI=1S/C15H22N4O2.HI/c1-15(2,3)12-9-17-13(21-12)10-19-14(16-4)18-8-11-6-5-7-20-11;/h5-7,9H,8,10H2,1-4H3,(H2,16,18,19);1H. The van der Waals surface area contributed by atoms with Crippen LogP contribution in [0.2, 0.25) is 0 Å². The van der Waals surface area contributed by atoms with Crippen LogP contribution >= 0.6 is 24.0 Å². The average molecular weight is 418 g/mol. The fraction of sp³-hybridized carbons (Fsp3) is 0.467. The molecular formula is C15H23IN4O2. The molecule has 0 amide bonds. The molecular weight excluding hydrogens is 395 g/mol. The molecule has 0 spiro atoms. The Hall–Kier alpha value is -1.51. The lowest BCUT2D eigenvalue weighted by Gasteiger charge is -2.13. The monoisotopic (exact) mass is 418 g/mol. The summed E-state index contributed by atoms with van der Waals surface area (Å²) in [6.07, 6.45) is 3.42. The Morgan fingerprint density at radius 2 is 2.00 bits per heavy atom. The number of halogens is 1. The summed E-state index contributed by atoms with van der Waals surface area (Å²) in [5.74, 6) is 3.03. The van der Waals surface area contributed by atoms with Gasteiger partial charge in [-0.3, -0.25) is 4.99 Å². The van der Waals surface area contributed by atoms with Crippen molar-refractivity contribution in [1.29, 1.82) is 0 Å². The molecule has 2 heterocycles. The zero-order valence-electron chi connectivity index (χ0n) is 13.3. The van der Waals surface area contributed by atoms with Crippen molar-refractivity contribution < 1.29 is 8.83 Å². The van der Waals surface area contributed by atoms with E-state index >= 15 is 0 Å². The highest BCUT2D eigenvalue weighted by molar-refractivity contribution is 14.0. The molecule has 7 heteroatoms.